The zero-order valence-corrected chi connectivity index (χ0v) is 12.1. The molecule has 0 unspecified atom stereocenters. The molecule has 0 saturated carbocycles. The summed E-state index contributed by atoms with van der Waals surface area (Å²) in [4.78, 5) is 8.78. The standard InChI is InChI=1S/C17H12ClFN2/c1-11-9-13(7-8-14(11)19)15-10-16(18)21-17(20-15)12-5-3-2-4-6-12/h2-10H,1H3. The van der Waals surface area contributed by atoms with E-state index in [0.717, 1.165) is 11.1 Å². The SMILES string of the molecule is Cc1cc(-c2cc(Cl)nc(-c3ccccc3)n2)ccc1F. The molecular formula is C17H12ClFN2. The fraction of sp³-hybridized carbons (Fsp3) is 0.0588. The zero-order valence-electron chi connectivity index (χ0n) is 11.3. The summed E-state index contributed by atoms with van der Waals surface area (Å²) in [6, 6.07) is 16.2. The highest BCUT2D eigenvalue weighted by Gasteiger charge is 2.08. The summed E-state index contributed by atoms with van der Waals surface area (Å²) in [5.41, 5.74) is 2.95. The van der Waals surface area contributed by atoms with Crippen LogP contribution in [0, 0.1) is 12.7 Å². The quantitative estimate of drug-likeness (QED) is 0.628. The first-order valence-electron chi connectivity index (χ1n) is 6.50. The number of aryl methyl sites for hydroxylation is 1. The van der Waals surface area contributed by atoms with Gasteiger partial charge < -0.3 is 0 Å². The van der Waals surface area contributed by atoms with Gasteiger partial charge in [-0.25, -0.2) is 14.4 Å². The Bertz CT molecular complexity index is 788. The Morgan fingerprint density at radius 1 is 0.905 bits per heavy atom. The van der Waals surface area contributed by atoms with Crippen LogP contribution in [-0.4, -0.2) is 9.97 Å². The Balaban J connectivity index is 2.11. The summed E-state index contributed by atoms with van der Waals surface area (Å²) in [5.74, 6) is 0.322. The normalized spacial score (nSPS) is 10.6. The van der Waals surface area contributed by atoms with E-state index < -0.39 is 0 Å². The molecule has 0 atom stereocenters. The lowest BCUT2D eigenvalue weighted by Gasteiger charge is -2.07. The zero-order chi connectivity index (χ0) is 14.8. The highest BCUT2D eigenvalue weighted by Crippen LogP contribution is 2.25. The Morgan fingerprint density at radius 3 is 2.38 bits per heavy atom. The van der Waals surface area contributed by atoms with Crippen LogP contribution in [0.25, 0.3) is 22.6 Å². The van der Waals surface area contributed by atoms with Crippen LogP contribution in [0.1, 0.15) is 5.56 Å². The topological polar surface area (TPSA) is 25.8 Å². The van der Waals surface area contributed by atoms with Crippen LogP contribution in [0.2, 0.25) is 5.15 Å². The summed E-state index contributed by atoms with van der Waals surface area (Å²) < 4.78 is 13.4. The van der Waals surface area contributed by atoms with Crippen molar-refractivity contribution in [2.75, 3.05) is 0 Å². The van der Waals surface area contributed by atoms with Crippen LogP contribution >= 0.6 is 11.6 Å². The molecule has 0 spiro atoms. The first kappa shape index (κ1) is 13.7. The predicted molar refractivity (Wildman–Crippen MR) is 82.6 cm³/mol. The number of hydrogen-bond donors (Lipinski definition) is 0. The van der Waals surface area contributed by atoms with Crippen molar-refractivity contribution < 1.29 is 4.39 Å². The van der Waals surface area contributed by atoms with E-state index >= 15 is 0 Å². The molecule has 0 aliphatic rings. The van der Waals surface area contributed by atoms with Crippen molar-refractivity contribution in [1.82, 2.24) is 9.97 Å². The summed E-state index contributed by atoms with van der Waals surface area (Å²) in [7, 11) is 0. The number of benzene rings is 2. The van der Waals surface area contributed by atoms with Gasteiger partial charge in [-0.15, -0.1) is 0 Å². The number of nitrogens with zero attached hydrogens (tertiary/aromatic N) is 2. The van der Waals surface area contributed by atoms with Gasteiger partial charge in [-0.1, -0.05) is 41.9 Å². The van der Waals surface area contributed by atoms with Gasteiger partial charge in [0.1, 0.15) is 11.0 Å². The molecule has 0 saturated heterocycles. The summed E-state index contributed by atoms with van der Waals surface area (Å²) in [6.45, 7) is 1.72. The van der Waals surface area contributed by atoms with Gasteiger partial charge in [-0.05, 0) is 30.7 Å². The molecule has 2 nitrogen and oxygen atoms in total. The predicted octanol–water partition coefficient (Wildman–Crippen LogP) is 4.91. The highest BCUT2D eigenvalue weighted by molar-refractivity contribution is 6.29. The van der Waals surface area contributed by atoms with Gasteiger partial charge in [-0.3, -0.25) is 0 Å². The van der Waals surface area contributed by atoms with E-state index in [9.17, 15) is 4.39 Å². The van der Waals surface area contributed by atoms with E-state index in [-0.39, 0.29) is 5.82 Å². The minimum atomic E-state index is -0.234. The Hall–Kier alpha value is -2.26. The molecular weight excluding hydrogens is 287 g/mol. The van der Waals surface area contributed by atoms with E-state index in [4.69, 9.17) is 11.6 Å². The molecule has 104 valence electrons. The summed E-state index contributed by atoms with van der Waals surface area (Å²) in [6.07, 6.45) is 0. The maximum absolute atomic E-state index is 13.4. The van der Waals surface area contributed by atoms with Crippen molar-refractivity contribution in [2.45, 2.75) is 6.92 Å². The fourth-order valence-corrected chi connectivity index (χ4v) is 2.27. The van der Waals surface area contributed by atoms with Crippen LogP contribution in [-0.2, 0) is 0 Å². The molecule has 0 N–H and O–H groups in total. The summed E-state index contributed by atoms with van der Waals surface area (Å²) >= 11 is 6.10. The minimum Gasteiger partial charge on any atom is -0.228 e. The molecule has 3 aromatic rings. The molecule has 3 rings (SSSR count). The lowest BCUT2D eigenvalue weighted by Crippen LogP contribution is -1.94. The summed E-state index contributed by atoms with van der Waals surface area (Å²) in [5, 5.41) is 0.362. The molecule has 21 heavy (non-hydrogen) atoms. The molecule has 2 aromatic carbocycles. The van der Waals surface area contributed by atoms with E-state index in [1.54, 1.807) is 25.1 Å². The molecule has 0 aliphatic heterocycles. The lowest BCUT2D eigenvalue weighted by molar-refractivity contribution is 0.619. The van der Waals surface area contributed by atoms with Gasteiger partial charge in [0, 0.05) is 17.2 Å². The van der Waals surface area contributed by atoms with Crippen molar-refractivity contribution >= 4 is 11.6 Å². The molecule has 0 fully saturated rings. The van der Waals surface area contributed by atoms with Gasteiger partial charge >= 0.3 is 0 Å². The lowest BCUT2D eigenvalue weighted by atomic mass is 10.1. The average molecular weight is 299 g/mol. The van der Waals surface area contributed by atoms with E-state index in [2.05, 4.69) is 9.97 Å². The third-order valence-corrected chi connectivity index (χ3v) is 3.37. The molecule has 1 heterocycles. The van der Waals surface area contributed by atoms with Crippen molar-refractivity contribution in [3.05, 3.63) is 71.1 Å². The molecule has 0 amide bonds. The van der Waals surface area contributed by atoms with Crippen LogP contribution < -0.4 is 0 Å². The van der Waals surface area contributed by atoms with Crippen molar-refractivity contribution in [2.24, 2.45) is 0 Å². The molecule has 0 aliphatic carbocycles. The van der Waals surface area contributed by atoms with Crippen LogP contribution in [0.5, 0.6) is 0 Å². The van der Waals surface area contributed by atoms with Gasteiger partial charge in [0.2, 0.25) is 0 Å². The molecule has 1 aromatic heterocycles. The van der Waals surface area contributed by atoms with E-state index in [0.29, 0.717) is 22.2 Å². The highest BCUT2D eigenvalue weighted by atomic mass is 35.5. The molecule has 0 radical (unpaired) electrons. The van der Waals surface area contributed by atoms with E-state index in [1.807, 2.05) is 30.3 Å². The second-order valence-electron chi connectivity index (χ2n) is 4.73. The maximum atomic E-state index is 13.4. The minimum absolute atomic E-state index is 0.234. The third-order valence-electron chi connectivity index (χ3n) is 3.18. The first-order chi connectivity index (χ1) is 10.1. The first-order valence-corrected chi connectivity index (χ1v) is 6.88. The van der Waals surface area contributed by atoms with Crippen molar-refractivity contribution in [1.29, 1.82) is 0 Å². The van der Waals surface area contributed by atoms with Crippen LogP contribution in [0.4, 0.5) is 4.39 Å². The monoisotopic (exact) mass is 298 g/mol. The van der Waals surface area contributed by atoms with Crippen LogP contribution in [0.15, 0.2) is 54.6 Å². The van der Waals surface area contributed by atoms with Gasteiger partial charge in [0.15, 0.2) is 5.82 Å². The Labute approximate surface area is 127 Å². The second-order valence-corrected chi connectivity index (χ2v) is 5.12. The molecule has 4 heteroatoms. The van der Waals surface area contributed by atoms with Crippen molar-refractivity contribution in [3.63, 3.8) is 0 Å². The number of halogens is 2. The Kier molecular flexibility index (Phi) is 3.67. The Morgan fingerprint density at radius 2 is 1.67 bits per heavy atom. The average Bonchev–Trinajstić information content (AvgIpc) is 2.50. The second kappa shape index (κ2) is 5.62. The van der Waals surface area contributed by atoms with Gasteiger partial charge in [-0.2, -0.15) is 0 Å². The van der Waals surface area contributed by atoms with Gasteiger partial charge in [0.05, 0.1) is 5.69 Å². The third kappa shape index (κ3) is 2.93. The molecule has 0 bridgehead atoms. The largest absolute Gasteiger partial charge is 0.228 e. The van der Waals surface area contributed by atoms with E-state index in [1.165, 1.54) is 6.07 Å². The fourth-order valence-electron chi connectivity index (χ4n) is 2.09. The maximum Gasteiger partial charge on any atom is 0.161 e. The smallest absolute Gasteiger partial charge is 0.161 e. The number of aromatic nitrogens is 2. The van der Waals surface area contributed by atoms with Crippen LogP contribution in [0.3, 0.4) is 0 Å². The van der Waals surface area contributed by atoms with Crippen molar-refractivity contribution in [3.8, 4) is 22.6 Å². The van der Waals surface area contributed by atoms with Gasteiger partial charge in [0.25, 0.3) is 0 Å². The number of rotatable bonds is 2. The number of hydrogen-bond acceptors (Lipinski definition) is 2.